The van der Waals surface area contributed by atoms with E-state index in [1.807, 2.05) is 13.0 Å². The van der Waals surface area contributed by atoms with Gasteiger partial charge < -0.3 is 9.47 Å². The first-order valence-electron chi connectivity index (χ1n) is 11.6. The van der Waals surface area contributed by atoms with E-state index in [4.69, 9.17) is 9.47 Å². The number of unbranched alkanes of at least 4 members (excludes halogenated alkanes) is 1. The normalized spacial score (nSPS) is 32.2. The summed E-state index contributed by atoms with van der Waals surface area (Å²) in [5, 5.41) is 0. The fraction of sp³-hybridized carbons (Fsp3) is 0.680. The highest BCUT2D eigenvalue weighted by Crippen LogP contribution is 2.61. The van der Waals surface area contributed by atoms with Crippen LogP contribution in [0.25, 0.3) is 0 Å². The van der Waals surface area contributed by atoms with Gasteiger partial charge in [0.1, 0.15) is 11.5 Å². The van der Waals surface area contributed by atoms with Crippen molar-refractivity contribution >= 4 is 27.7 Å². The molecule has 30 heavy (non-hydrogen) atoms. The molecule has 0 aliphatic heterocycles. The van der Waals surface area contributed by atoms with Crippen LogP contribution >= 0.6 is 15.9 Å². The Balaban J connectivity index is 1.69. The van der Waals surface area contributed by atoms with Crippen molar-refractivity contribution in [1.29, 1.82) is 0 Å². The molecule has 0 bridgehead atoms. The number of alkyl halides is 1. The monoisotopic (exact) mass is 476 g/mol. The van der Waals surface area contributed by atoms with Crippen molar-refractivity contribution in [3.8, 4) is 11.5 Å². The summed E-state index contributed by atoms with van der Waals surface area (Å²) in [4.78, 5) is 25.4. The average molecular weight is 477 g/mol. The predicted molar refractivity (Wildman–Crippen MR) is 120 cm³/mol. The second kappa shape index (κ2) is 8.64. The largest absolute Gasteiger partial charge is 0.494 e. The summed E-state index contributed by atoms with van der Waals surface area (Å²) in [6.45, 7) is 6.81. The first-order chi connectivity index (χ1) is 14.4. The van der Waals surface area contributed by atoms with Crippen LogP contribution in [0.4, 0.5) is 0 Å². The number of ether oxygens (including phenoxy) is 2. The molecule has 0 unspecified atom stereocenters. The fourth-order valence-corrected chi connectivity index (χ4v) is 7.16. The minimum atomic E-state index is -0.212. The Morgan fingerprint density at radius 3 is 2.80 bits per heavy atom. The molecule has 0 saturated heterocycles. The molecule has 0 spiro atoms. The van der Waals surface area contributed by atoms with Crippen molar-refractivity contribution in [3.05, 3.63) is 23.3 Å². The van der Waals surface area contributed by atoms with Gasteiger partial charge in [0.2, 0.25) is 0 Å². The number of halogens is 1. The number of esters is 1. The van der Waals surface area contributed by atoms with Gasteiger partial charge >= 0.3 is 5.97 Å². The summed E-state index contributed by atoms with van der Waals surface area (Å²) in [7, 11) is 0. The molecule has 0 heterocycles. The maximum atomic E-state index is 12.9. The molecule has 5 atom stereocenters. The maximum Gasteiger partial charge on any atom is 0.311 e. The van der Waals surface area contributed by atoms with E-state index in [2.05, 4.69) is 35.8 Å². The number of aryl methyl sites for hydroxylation is 1. The third-order valence-electron chi connectivity index (χ3n) is 7.72. The maximum absolute atomic E-state index is 12.9. The Hall–Kier alpha value is -1.36. The minimum absolute atomic E-state index is 0.0145. The Morgan fingerprint density at radius 1 is 1.27 bits per heavy atom. The van der Waals surface area contributed by atoms with Gasteiger partial charge in [-0.25, -0.2) is 0 Å². The number of fused-ring (bicyclic) bond motifs is 5. The first kappa shape index (κ1) is 21.9. The van der Waals surface area contributed by atoms with Crippen molar-refractivity contribution in [2.75, 3.05) is 6.61 Å². The van der Waals surface area contributed by atoms with Gasteiger partial charge in [-0.2, -0.15) is 0 Å². The second-order valence-electron chi connectivity index (χ2n) is 9.44. The standard InChI is InChI=1S/C25H33BrO4/c1-4-6-7-22(27)30-21-13-16(29-5-2)12-15-8-9-17-18(23(15)21)10-11-25(3)19(17)14-20(26)24(25)28/h12-13,17-20H,4-11,14H2,1-3H3/t17-,18+,19+,20-,25+/m1/s1. The molecule has 4 nitrogen and oxygen atoms in total. The number of hydrogen-bond acceptors (Lipinski definition) is 4. The summed E-state index contributed by atoms with van der Waals surface area (Å²) in [6.07, 6.45) is 7.10. The lowest BCUT2D eigenvalue weighted by molar-refractivity contribution is -0.134. The summed E-state index contributed by atoms with van der Waals surface area (Å²) >= 11 is 3.64. The van der Waals surface area contributed by atoms with E-state index in [0.717, 1.165) is 50.7 Å². The van der Waals surface area contributed by atoms with Gasteiger partial charge in [-0.15, -0.1) is 0 Å². The molecule has 1 aromatic rings. The van der Waals surface area contributed by atoms with Crippen LogP contribution in [0.1, 0.15) is 82.8 Å². The van der Waals surface area contributed by atoms with Crippen LogP contribution in [0, 0.1) is 17.3 Å². The summed E-state index contributed by atoms with van der Waals surface area (Å²) in [5.74, 6) is 2.91. The van der Waals surface area contributed by atoms with Crippen molar-refractivity contribution in [1.82, 2.24) is 0 Å². The highest BCUT2D eigenvalue weighted by molar-refractivity contribution is 9.10. The molecule has 1 aromatic carbocycles. The molecule has 0 aromatic heterocycles. The predicted octanol–water partition coefficient (Wildman–Crippen LogP) is 5.98. The van der Waals surface area contributed by atoms with E-state index in [1.165, 1.54) is 11.1 Å². The van der Waals surface area contributed by atoms with E-state index in [0.29, 0.717) is 42.3 Å². The zero-order valence-corrected chi connectivity index (χ0v) is 19.9. The van der Waals surface area contributed by atoms with E-state index >= 15 is 0 Å². The number of ketones is 1. The number of carbonyl (C=O) groups is 2. The SMILES string of the molecule is CCCCC(=O)Oc1cc(OCC)cc2c1[C@H]1CC[C@]3(C)C(=O)[C@H](Br)C[C@H]3[C@@H]1CC2. The molecule has 0 radical (unpaired) electrons. The lowest BCUT2D eigenvalue weighted by Gasteiger charge is -2.48. The topological polar surface area (TPSA) is 52.6 Å². The van der Waals surface area contributed by atoms with Gasteiger partial charge in [0.25, 0.3) is 0 Å². The number of hydrogen-bond donors (Lipinski definition) is 0. The third-order valence-corrected chi connectivity index (χ3v) is 8.51. The van der Waals surface area contributed by atoms with Crippen molar-refractivity contribution < 1.29 is 19.1 Å². The van der Waals surface area contributed by atoms with Crippen molar-refractivity contribution in [2.45, 2.75) is 82.9 Å². The van der Waals surface area contributed by atoms with Gasteiger partial charge in [-0.3, -0.25) is 9.59 Å². The fourth-order valence-electron chi connectivity index (χ4n) is 6.23. The lowest BCUT2D eigenvalue weighted by atomic mass is 9.55. The van der Waals surface area contributed by atoms with Gasteiger partial charge in [-0.05, 0) is 74.8 Å². The van der Waals surface area contributed by atoms with Crippen LogP contribution in [-0.4, -0.2) is 23.2 Å². The minimum Gasteiger partial charge on any atom is -0.494 e. The van der Waals surface area contributed by atoms with Crippen LogP contribution in [-0.2, 0) is 16.0 Å². The highest BCUT2D eigenvalue weighted by Gasteiger charge is 2.58. The van der Waals surface area contributed by atoms with Crippen LogP contribution in [0.5, 0.6) is 11.5 Å². The zero-order chi connectivity index (χ0) is 21.5. The van der Waals surface area contributed by atoms with E-state index in [-0.39, 0.29) is 16.2 Å². The second-order valence-corrected chi connectivity index (χ2v) is 10.5. The molecule has 2 fully saturated rings. The smallest absolute Gasteiger partial charge is 0.311 e. The van der Waals surface area contributed by atoms with Crippen LogP contribution in [0.2, 0.25) is 0 Å². The van der Waals surface area contributed by atoms with Gasteiger partial charge in [0.15, 0.2) is 5.78 Å². The number of carbonyl (C=O) groups excluding carboxylic acids is 2. The number of rotatable bonds is 6. The molecular formula is C25H33BrO4. The van der Waals surface area contributed by atoms with Gasteiger partial charge in [-0.1, -0.05) is 36.2 Å². The molecule has 0 N–H and O–H groups in total. The first-order valence-corrected chi connectivity index (χ1v) is 12.5. The quantitative estimate of drug-likeness (QED) is 0.287. The van der Waals surface area contributed by atoms with Crippen molar-refractivity contribution in [3.63, 3.8) is 0 Å². The Morgan fingerprint density at radius 2 is 2.07 bits per heavy atom. The zero-order valence-electron chi connectivity index (χ0n) is 18.3. The molecule has 4 rings (SSSR count). The summed E-state index contributed by atoms with van der Waals surface area (Å²) in [5.41, 5.74) is 2.24. The van der Waals surface area contributed by atoms with Crippen LogP contribution in [0.3, 0.4) is 0 Å². The molecule has 3 aliphatic carbocycles. The molecular weight excluding hydrogens is 444 g/mol. The lowest BCUT2D eigenvalue weighted by Crippen LogP contribution is -2.42. The molecule has 164 valence electrons. The molecule has 5 heteroatoms. The third kappa shape index (κ3) is 3.72. The van der Waals surface area contributed by atoms with E-state index in [9.17, 15) is 9.59 Å². The number of benzene rings is 1. The van der Waals surface area contributed by atoms with Gasteiger partial charge in [0.05, 0.1) is 11.4 Å². The van der Waals surface area contributed by atoms with E-state index < -0.39 is 0 Å². The van der Waals surface area contributed by atoms with E-state index in [1.54, 1.807) is 0 Å². The Bertz CT molecular complexity index is 835. The molecule has 0 amide bonds. The summed E-state index contributed by atoms with van der Waals surface area (Å²) in [6, 6.07) is 4.05. The Labute approximate surface area is 188 Å². The number of Topliss-reactive ketones (excluding diaryl/α,β-unsaturated/α-hetero) is 1. The van der Waals surface area contributed by atoms with Crippen molar-refractivity contribution in [2.24, 2.45) is 17.3 Å². The van der Waals surface area contributed by atoms with Gasteiger partial charge in [0, 0.05) is 23.5 Å². The Kier molecular flexibility index (Phi) is 6.30. The average Bonchev–Trinajstić information content (AvgIpc) is 2.96. The molecule has 3 aliphatic rings. The molecule has 2 saturated carbocycles. The summed E-state index contributed by atoms with van der Waals surface area (Å²) < 4.78 is 11.7. The van der Waals surface area contributed by atoms with Crippen LogP contribution < -0.4 is 9.47 Å². The highest BCUT2D eigenvalue weighted by atomic mass is 79.9. The van der Waals surface area contributed by atoms with Crippen LogP contribution in [0.15, 0.2) is 12.1 Å².